The molecule has 0 amide bonds. The van der Waals surface area contributed by atoms with Gasteiger partial charge in [-0.05, 0) is 24.6 Å². The first-order chi connectivity index (χ1) is 8.04. The van der Waals surface area contributed by atoms with Crippen LogP contribution in [0.15, 0.2) is 22.7 Å². The summed E-state index contributed by atoms with van der Waals surface area (Å²) in [6, 6.07) is 2.91. The highest BCUT2D eigenvalue weighted by molar-refractivity contribution is 5.21. The van der Waals surface area contributed by atoms with Crippen LogP contribution in [0.4, 0.5) is 8.78 Å². The highest BCUT2D eigenvalue weighted by Gasteiger charge is 2.11. The lowest BCUT2D eigenvalue weighted by Gasteiger charge is -1.98. The lowest BCUT2D eigenvalue weighted by Crippen LogP contribution is -2.05. The van der Waals surface area contributed by atoms with Crippen molar-refractivity contribution in [2.75, 3.05) is 0 Å². The number of hydrogen-bond donors (Lipinski definition) is 1. The zero-order valence-electron chi connectivity index (χ0n) is 9.15. The first-order valence-electron chi connectivity index (χ1n) is 5.07. The van der Waals surface area contributed by atoms with Gasteiger partial charge in [-0.25, -0.2) is 8.78 Å². The summed E-state index contributed by atoms with van der Waals surface area (Å²) in [5.41, 5.74) is 6.00. The van der Waals surface area contributed by atoms with Gasteiger partial charge in [0.15, 0.2) is 5.82 Å². The van der Waals surface area contributed by atoms with Crippen LogP contribution in [0.2, 0.25) is 0 Å². The molecule has 4 nitrogen and oxygen atoms in total. The molecule has 0 fully saturated rings. The Morgan fingerprint density at radius 3 is 2.47 bits per heavy atom. The molecule has 1 unspecified atom stereocenters. The molecule has 1 aromatic carbocycles. The second-order valence-electron chi connectivity index (χ2n) is 3.79. The number of halogens is 2. The molecule has 6 heteroatoms. The third-order valence-corrected chi connectivity index (χ3v) is 2.16. The van der Waals surface area contributed by atoms with Crippen LogP contribution in [0.5, 0.6) is 0 Å². The quantitative estimate of drug-likeness (QED) is 0.889. The van der Waals surface area contributed by atoms with Crippen LogP contribution >= 0.6 is 0 Å². The fourth-order valence-electron chi connectivity index (χ4n) is 1.42. The summed E-state index contributed by atoms with van der Waals surface area (Å²) < 4.78 is 30.8. The van der Waals surface area contributed by atoms with Crippen LogP contribution < -0.4 is 5.73 Å². The van der Waals surface area contributed by atoms with Gasteiger partial charge in [-0.15, -0.1) is 0 Å². The third-order valence-electron chi connectivity index (χ3n) is 2.16. The molecule has 2 rings (SSSR count). The van der Waals surface area contributed by atoms with E-state index in [1.807, 2.05) is 0 Å². The lowest BCUT2D eigenvalue weighted by molar-refractivity contribution is 0.357. The van der Waals surface area contributed by atoms with E-state index in [9.17, 15) is 8.78 Å². The van der Waals surface area contributed by atoms with Gasteiger partial charge in [0, 0.05) is 12.5 Å². The Morgan fingerprint density at radius 1 is 1.29 bits per heavy atom. The summed E-state index contributed by atoms with van der Waals surface area (Å²) in [6.45, 7) is 1.71. The highest BCUT2D eigenvalue weighted by atomic mass is 19.1. The number of aromatic nitrogens is 2. The molecule has 1 heterocycles. The van der Waals surface area contributed by atoms with Crippen molar-refractivity contribution >= 4 is 0 Å². The van der Waals surface area contributed by atoms with Gasteiger partial charge in [0.25, 0.3) is 0 Å². The predicted octanol–water partition coefficient (Wildman–Crippen LogP) is 1.96. The van der Waals surface area contributed by atoms with Crippen LogP contribution in [0, 0.1) is 11.6 Å². The van der Waals surface area contributed by atoms with E-state index in [1.54, 1.807) is 6.92 Å². The van der Waals surface area contributed by atoms with Crippen molar-refractivity contribution in [1.29, 1.82) is 0 Å². The van der Waals surface area contributed by atoms with E-state index >= 15 is 0 Å². The average molecular weight is 239 g/mol. The molecule has 1 aromatic heterocycles. The number of rotatable bonds is 3. The third kappa shape index (κ3) is 2.85. The van der Waals surface area contributed by atoms with Crippen molar-refractivity contribution in [1.82, 2.24) is 10.1 Å². The van der Waals surface area contributed by atoms with Crippen molar-refractivity contribution in [2.24, 2.45) is 5.73 Å². The Labute approximate surface area is 96.4 Å². The van der Waals surface area contributed by atoms with Crippen molar-refractivity contribution < 1.29 is 13.3 Å². The first kappa shape index (κ1) is 11.7. The van der Waals surface area contributed by atoms with E-state index in [0.717, 1.165) is 6.07 Å². The Morgan fingerprint density at radius 2 is 1.94 bits per heavy atom. The summed E-state index contributed by atoms with van der Waals surface area (Å²) in [5, 5.41) is 3.68. The summed E-state index contributed by atoms with van der Waals surface area (Å²) in [6.07, 6.45) is 0.199. The molecule has 2 aromatic rings. The zero-order valence-corrected chi connectivity index (χ0v) is 9.15. The van der Waals surface area contributed by atoms with E-state index in [-0.39, 0.29) is 12.5 Å². The van der Waals surface area contributed by atoms with Gasteiger partial charge in [-0.2, -0.15) is 4.98 Å². The molecule has 0 radical (unpaired) electrons. The lowest BCUT2D eigenvalue weighted by atomic mass is 10.1. The maximum Gasteiger partial charge on any atom is 0.243 e. The second-order valence-corrected chi connectivity index (χ2v) is 3.79. The van der Waals surface area contributed by atoms with Crippen LogP contribution in [0.3, 0.4) is 0 Å². The molecular formula is C11H11F2N3O. The summed E-state index contributed by atoms with van der Waals surface area (Å²) >= 11 is 0. The fraction of sp³-hybridized carbons (Fsp3) is 0.273. The molecule has 0 aliphatic rings. The van der Waals surface area contributed by atoms with Crippen LogP contribution in [0.25, 0.3) is 0 Å². The SMILES string of the molecule is CC(N)c1nc(Cc2cc(F)cc(F)c2)no1. The Kier molecular flexibility index (Phi) is 3.14. The van der Waals surface area contributed by atoms with Gasteiger partial charge in [-0.3, -0.25) is 0 Å². The van der Waals surface area contributed by atoms with Gasteiger partial charge in [-0.1, -0.05) is 5.16 Å². The van der Waals surface area contributed by atoms with Gasteiger partial charge in [0.2, 0.25) is 5.89 Å². The number of benzene rings is 1. The minimum atomic E-state index is -0.629. The zero-order chi connectivity index (χ0) is 12.4. The van der Waals surface area contributed by atoms with Crippen molar-refractivity contribution in [3.05, 3.63) is 47.1 Å². The molecule has 0 aliphatic carbocycles. The Bertz CT molecular complexity index is 505. The summed E-state index contributed by atoms with van der Waals surface area (Å²) in [7, 11) is 0. The van der Waals surface area contributed by atoms with E-state index in [2.05, 4.69) is 10.1 Å². The maximum absolute atomic E-state index is 12.9. The maximum atomic E-state index is 12.9. The molecule has 0 bridgehead atoms. The van der Waals surface area contributed by atoms with Crippen LogP contribution in [0.1, 0.15) is 30.2 Å². The number of hydrogen-bond acceptors (Lipinski definition) is 4. The Hall–Kier alpha value is -1.82. The van der Waals surface area contributed by atoms with E-state index < -0.39 is 11.6 Å². The first-order valence-corrected chi connectivity index (χ1v) is 5.07. The van der Waals surface area contributed by atoms with Crippen molar-refractivity contribution in [2.45, 2.75) is 19.4 Å². The van der Waals surface area contributed by atoms with Gasteiger partial charge >= 0.3 is 0 Å². The number of nitrogens with two attached hydrogens (primary N) is 1. The average Bonchev–Trinajstić information content (AvgIpc) is 2.64. The fourth-order valence-corrected chi connectivity index (χ4v) is 1.42. The molecule has 90 valence electrons. The van der Waals surface area contributed by atoms with E-state index in [0.29, 0.717) is 17.3 Å². The predicted molar refractivity (Wildman–Crippen MR) is 56.1 cm³/mol. The van der Waals surface area contributed by atoms with Crippen molar-refractivity contribution in [3.63, 3.8) is 0 Å². The van der Waals surface area contributed by atoms with E-state index in [1.165, 1.54) is 12.1 Å². The molecule has 1 atom stereocenters. The highest BCUT2D eigenvalue weighted by Crippen LogP contribution is 2.13. The van der Waals surface area contributed by atoms with Crippen LogP contribution in [-0.2, 0) is 6.42 Å². The van der Waals surface area contributed by atoms with Crippen molar-refractivity contribution in [3.8, 4) is 0 Å². The van der Waals surface area contributed by atoms with Gasteiger partial charge < -0.3 is 10.3 Å². The standard InChI is InChI=1S/C11H11F2N3O/c1-6(14)11-15-10(16-17-11)4-7-2-8(12)5-9(13)3-7/h2-3,5-6H,4,14H2,1H3. The largest absolute Gasteiger partial charge is 0.338 e. The van der Waals surface area contributed by atoms with E-state index in [4.69, 9.17) is 10.3 Å². The molecule has 2 N–H and O–H groups in total. The summed E-state index contributed by atoms with van der Waals surface area (Å²) in [5.74, 6) is -0.606. The molecule has 0 saturated heterocycles. The number of nitrogens with zero attached hydrogens (tertiary/aromatic N) is 2. The molecular weight excluding hydrogens is 228 g/mol. The molecule has 0 aliphatic heterocycles. The smallest absolute Gasteiger partial charge is 0.243 e. The van der Waals surface area contributed by atoms with Gasteiger partial charge in [0.05, 0.1) is 6.04 Å². The summed E-state index contributed by atoms with van der Waals surface area (Å²) in [4.78, 5) is 4.02. The van der Waals surface area contributed by atoms with Gasteiger partial charge in [0.1, 0.15) is 11.6 Å². The van der Waals surface area contributed by atoms with Crippen LogP contribution in [-0.4, -0.2) is 10.1 Å². The minimum Gasteiger partial charge on any atom is -0.338 e. The molecule has 0 saturated carbocycles. The molecule has 17 heavy (non-hydrogen) atoms. The Balaban J connectivity index is 2.19. The molecule has 0 spiro atoms. The minimum absolute atomic E-state index is 0.199. The topological polar surface area (TPSA) is 64.9 Å². The monoisotopic (exact) mass is 239 g/mol. The second kappa shape index (κ2) is 4.58. The normalized spacial score (nSPS) is 12.7.